The maximum absolute atomic E-state index is 12.0. The number of nitrogens with one attached hydrogen (secondary N) is 2. The van der Waals surface area contributed by atoms with Crippen LogP contribution in [0.15, 0.2) is 59.7 Å². The highest BCUT2D eigenvalue weighted by Gasteiger charge is 2.16. The maximum atomic E-state index is 12.0. The second-order valence-electron chi connectivity index (χ2n) is 5.46. The molecule has 9 heteroatoms. The normalized spacial score (nSPS) is 10.3. The van der Waals surface area contributed by atoms with E-state index in [1.54, 1.807) is 24.3 Å². The minimum Gasteiger partial charge on any atom is -0.480 e. The van der Waals surface area contributed by atoms with Gasteiger partial charge in [0, 0.05) is 11.1 Å². The Morgan fingerprint density at radius 2 is 1.86 bits per heavy atom. The lowest BCUT2D eigenvalue weighted by atomic mass is 10.2. The predicted molar refractivity (Wildman–Crippen MR) is 110 cm³/mol. The molecular weight excluding hydrogens is 390 g/mol. The predicted octanol–water partition coefficient (Wildman–Crippen LogP) is 2.31. The van der Waals surface area contributed by atoms with Crippen LogP contribution in [0.2, 0.25) is 0 Å². The van der Waals surface area contributed by atoms with Crippen LogP contribution in [0, 0.1) is 12.3 Å². The molecule has 0 radical (unpaired) electrons. The number of rotatable bonds is 6. The van der Waals surface area contributed by atoms with Crippen molar-refractivity contribution in [3.05, 3.63) is 60.2 Å². The van der Waals surface area contributed by atoms with Gasteiger partial charge in [-0.1, -0.05) is 59.7 Å². The van der Waals surface area contributed by atoms with Crippen molar-refractivity contribution in [1.29, 1.82) is 0 Å². The number of hydrogen-bond acceptors (Lipinski definition) is 7. The van der Waals surface area contributed by atoms with Crippen LogP contribution in [0.3, 0.4) is 0 Å². The first-order valence-corrected chi connectivity index (χ1v) is 9.17. The Bertz CT molecular complexity index is 1070. The minimum atomic E-state index is -0.945. The molecule has 8 nitrogen and oxygen atoms in total. The minimum absolute atomic E-state index is 0.104. The molecule has 0 fully saturated rings. The van der Waals surface area contributed by atoms with Crippen LogP contribution < -0.4 is 15.5 Å². The van der Waals surface area contributed by atoms with E-state index >= 15 is 0 Å². The number of terminal acetylenes is 1. The first-order valence-electron chi connectivity index (χ1n) is 8.36. The van der Waals surface area contributed by atoms with Gasteiger partial charge in [-0.05, 0) is 12.1 Å². The lowest BCUT2D eigenvalue weighted by Gasteiger charge is -2.05. The van der Waals surface area contributed by atoms with Crippen LogP contribution in [-0.4, -0.2) is 34.8 Å². The Morgan fingerprint density at radius 1 is 1.10 bits per heavy atom. The first kappa shape index (κ1) is 19.7. The van der Waals surface area contributed by atoms with E-state index in [9.17, 15) is 9.59 Å². The monoisotopic (exact) mass is 405 g/mol. The average molecular weight is 405 g/mol. The first-order chi connectivity index (χ1) is 14.2. The molecule has 0 atom stereocenters. The lowest BCUT2D eigenvalue weighted by molar-refractivity contribution is -0.136. The fraction of sp³-hybridized carbons (Fsp3) is 0.0500. The Hall–Kier alpha value is -4.03. The van der Waals surface area contributed by atoms with Gasteiger partial charge >= 0.3 is 11.8 Å². The van der Waals surface area contributed by atoms with E-state index in [4.69, 9.17) is 11.2 Å². The molecule has 2 N–H and O–H groups in total. The second kappa shape index (κ2) is 9.77. The van der Waals surface area contributed by atoms with Gasteiger partial charge in [-0.3, -0.25) is 14.9 Å². The summed E-state index contributed by atoms with van der Waals surface area (Å²) >= 11 is 1.16. The fourth-order valence-electron chi connectivity index (χ4n) is 2.17. The number of benzene rings is 2. The van der Waals surface area contributed by atoms with Gasteiger partial charge in [-0.15, -0.1) is 16.6 Å². The highest BCUT2D eigenvalue weighted by atomic mass is 32.1. The molecule has 0 aliphatic heterocycles. The summed E-state index contributed by atoms with van der Waals surface area (Å²) in [5, 5.41) is 14.9. The van der Waals surface area contributed by atoms with Gasteiger partial charge in [-0.25, -0.2) is 5.43 Å². The number of carbonyl (C=O) groups is 2. The molecule has 1 heterocycles. The molecule has 2 amide bonds. The molecule has 0 saturated carbocycles. The lowest BCUT2D eigenvalue weighted by Crippen LogP contribution is -2.32. The third-order valence-electron chi connectivity index (χ3n) is 3.47. The number of nitrogens with zero attached hydrogens (tertiary/aromatic N) is 3. The van der Waals surface area contributed by atoms with Crippen LogP contribution in [0.1, 0.15) is 5.56 Å². The number of carbonyl (C=O) groups excluding carboxylic acids is 2. The molecule has 1 aromatic heterocycles. The second-order valence-corrected chi connectivity index (χ2v) is 6.44. The van der Waals surface area contributed by atoms with E-state index in [-0.39, 0.29) is 11.7 Å². The third-order valence-corrected chi connectivity index (χ3v) is 4.36. The summed E-state index contributed by atoms with van der Waals surface area (Å²) in [5.41, 5.74) is 3.62. The van der Waals surface area contributed by atoms with Crippen LogP contribution >= 0.6 is 11.3 Å². The quantitative estimate of drug-likeness (QED) is 0.283. The third kappa shape index (κ3) is 5.47. The van der Waals surface area contributed by atoms with Crippen LogP contribution in [-0.2, 0) is 9.59 Å². The summed E-state index contributed by atoms with van der Waals surface area (Å²) in [6, 6.07) is 16.4. The molecule has 0 aliphatic rings. The van der Waals surface area contributed by atoms with Gasteiger partial charge in [0.05, 0.1) is 6.21 Å². The van der Waals surface area contributed by atoms with Crippen LogP contribution in [0.5, 0.6) is 5.75 Å². The molecule has 144 valence electrons. The van der Waals surface area contributed by atoms with Crippen molar-refractivity contribution in [3.8, 4) is 28.7 Å². The van der Waals surface area contributed by atoms with E-state index in [1.165, 1.54) is 6.21 Å². The summed E-state index contributed by atoms with van der Waals surface area (Å²) in [6.45, 7) is 0.104. The fourth-order valence-corrected chi connectivity index (χ4v) is 2.92. The molecule has 3 aromatic rings. The zero-order valence-corrected chi connectivity index (χ0v) is 15.8. The molecule has 29 heavy (non-hydrogen) atoms. The van der Waals surface area contributed by atoms with Gasteiger partial charge in [-0.2, -0.15) is 5.10 Å². The summed E-state index contributed by atoms with van der Waals surface area (Å²) < 4.78 is 5.38. The van der Waals surface area contributed by atoms with E-state index in [0.29, 0.717) is 16.3 Å². The summed E-state index contributed by atoms with van der Waals surface area (Å²) in [4.78, 5) is 23.9. The number of anilines is 1. The number of hydrazone groups is 1. The zero-order valence-electron chi connectivity index (χ0n) is 15.0. The number of amides is 2. The number of para-hydroxylation sites is 1. The smallest absolute Gasteiger partial charge is 0.329 e. The van der Waals surface area contributed by atoms with E-state index in [0.717, 1.165) is 16.9 Å². The van der Waals surface area contributed by atoms with Gasteiger partial charge in [0.1, 0.15) is 17.4 Å². The standard InChI is InChI=1S/C20H15N5O3S/c1-2-12-28-16-11-7-6-10-15(16)13-21-23-18(27)17(26)22-20-25-24-19(29-20)14-8-4-3-5-9-14/h1,3-11,13H,12H2,(H,23,27)(H,22,25,26). The Morgan fingerprint density at radius 3 is 2.66 bits per heavy atom. The van der Waals surface area contributed by atoms with Crippen molar-refractivity contribution in [2.24, 2.45) is 5.10 Å². The molecule has 0 aliphatic carbocycles. The Kier molecular flexibility index (Phi) is 6.65. The average Bonchev–Trinajstić information content (AvgIpc) is 3.22. The van der Waals surface area contributed by atoms with E-state index in [2.05, 4.69) is 32.0 Å². The largest absolute Gasteiger partial charge is 0.480 e. The number of hydrogen-bond donors (Lipinski definition) is 2. The zero-order chi connectivity index (χ0) is 20.5. The van der Waals surface area contributed by atoms with Gasteiger partial charge < -0.3 is 4.74 Å². The molecule has 0 spiro atoms. The van der Waals surface area contributed by atoms with Gasteiger partial charge in [0.2, 0.25) is 5.13 Å². The van der Waals surface area contributed by atoms with Crippen LogP contribution in [0.4, 0.5) is 5.13 Å². The van der Waals surface area contributed by atoms with E-state index in [1.807, 2.05) is 30.3 Å². The Labute approximate surface area is 170 Å². The van der Waals surface area contributed by atoms with Crippen molar-refractivity contribution in [2.75, 3.05) is 11.9 Å². The van der Waals surface area contributed by atoms with Crippen molar-refractivity contribution in [2.45, 2.75) is 0 Å². The maximum Gasteiger partial charge on any atom is 0.329 e. The highest BCUT2D eigenvalue weighted by molar-refractivity contribution is 7.18. The summed E-state index contributed by atoms with van der Waals surface area (Å²) in [5.74, 6) is 1.03. The van der Waals surface area contributed by atoms with Crippen molar-refractivity contribution >= 4 is 34.5 Å². The van der Waals surface area contributed by atoms with Gasteiger partial charge in [0.25, 0.3) is 0 Å². The van der Waals surface area contributed by atoms with Crippen molar-refractivity contribution in [3.63, 3.8) is 0 Å². The topological polar surface area (TPSA) is 106 Å². The van der Waals surface area contributed by atoms with Gasteiger partial charge in [0.15, 0.2) is 0 Å². The van der Waals surface area contributed by atoms with Crippen molar-refractivity contribution in [1.82, 2.24) is 15.6 Å². The SMILES string of the molecule is C#CCOc1ccccc1C=NNC(=O)C(=O)Nc1nnc(-c2ccccc2)s1. The molecule has 0 saturated heterocycles. The Balaban J connectivity index is 1.57. The number of ether oxygens (including phenoxy) is 1. The molecular formula is C20H15N5O3S. The molecule has 3 rings (SSSR count). The summed E-state index contributed by atoms with van der Waals surface area (Å²) in [6.07, 6.45) is 6.54. The number of aromatic nitrogens is 2. The van der Waals surface area contributed by atoms with Crippen LogP contribution in [0.25, 0.3) is 10.6 Å². The summed E-state index contributed by atoms with van der Waals surface area (Å²) in [7, 11) is 0. The highest BCUT2D eigenvalue weighted by Crippen LogP contribution is 2.25. The molecule has 0 bridgehead atoms. The molecule has 2 aromatic carbocycles. The van der Waals surface area contributed by atoms with E-state index < -0.39 is 11.8 Å². The molecule has 0 unspecified atom stereocenters. The van der Waals surface area contributed by atoms with Crippen molar-refractivity contribution < 1.29 is 14.3 Å².